The number of rotatable bonds is 5. The first-order chi connectivity index (χ1) is 10.8. The van der Waals surface area contributed by atoms with Gasteiger partial charge in [-0.1, -0.05) is 33.8 Å². The molecule has 0 saturated carbocycles. The van der Waals surface area contributed by atoms with Crippen LogP contribution in [0.5, 0.6) is 0 Å². The molecule has 0 aliphatic rings. The highest BCUT2D eigenvalue weighted by molar-refractivity contribution is 5.70. The van der Waals surface area contributed by atoms with Gasteiger partial charge in [-0.15, -0.1) is 0 Å². The van der Waals surface area contributed by atoms with Crippen molar-refractivity contribution in [1.29, 1.82) is 0 Å². The van der Waals surface area contributed by atoms with Crippen molar-refractivity contribution in [2.45, 2.75) is 33.1 Å². The summed E-state index contributed by atoms with van der Waals surface area (Å²) in [7, 11) is 0. The van der Waals surface area contributed by atoms with Crippen molar-refractivity contribution in [2.75, 3.05) is 11.9 Å². The van der Waals surface area contributed by atoms with E-state index in [2.05, 4.69) is 41.0 Å². The summed E-state index contributed by atoms with van der Waals surface area (Å²) in [6.07, 6.45) is 1.70. The lowest BCUT2D eigenvalue weighted by Crippen LogP contribution is -2.21. The number of anilines is 1. The Balaban J connectivity index is 2.36. The summed E-state index contributed by atoms with van der Waals surface area (Å²) in [5.74, 6) is -0.198. The van der Waals surface area contributed by atoms with Crippen LogP contribution in [0.2, 0.25) is 0 Å². The maximum atomic E-state index is 11.0. The molecule has 122 valence electrons. The number of aromatic nitrogens is 3. The molecule has 0 spiro atoms. The van der Waals surface area contributed by atoms with Gasteiger partial charge in [0.2, 0.25) is 0 Å². The fourth-order valence-corrected chi connectivity index (χ4v) is 1.88. The topological polar surface area (TPSA) is 88.0 Å². The molecule has 0 bridgehead atoms. The van der Waals surface area contributed by atoms with Gasteiger partial charge in [-0.05, 0) is 12.1 Å². The van der Waals surface area contributed by atoms with Gasteiger partial charge in [-0.2, -0.15) is 0 Å². The van der Waals surface area contributed by atoms with Gasteiger partial charge in [-0.3, -0.25) is 9.78 Å². The SMILES string of the molecule is CC(CNc1cc(C(C)(C)C)nc(-c2ccccn2)n1)C(=O)O. The smallest absolute Gasteiger partial charge is 0.308 e. The maximum absolute atomic E-state index is 11.0. The third kappa shape index (κ3) is 4.48. The normalized spacial score (nSPS) is 12.7. The molecule has 2 aromatic rings. The van der Waals surface area contributed by atoms with Crippen LogP contribution < -0.4 is 5.32 Å². The molecule has 23 heavy (non-hydrogen) atoms. The van der Waals surface area contributed by atoms with Gasteiger partial charge in [0.1, 0.15) is 11.5 Å². The highest BCUT2D eigenvalue weighted by Gasteiger charge is 2.19. The fourth-order valence-electron chi connectivity index (χ4n) is 1.88. The fraction of sp³-hybridized carbons (Fsp3) is 0.412. The van der Waals surface area contributed by atoms with Crippen molar-refractivity contribution in [2.24, 2.45) is 5.92 Å². The Kier molecular flexibility index (Phi) is 4.93. The third-order valence-electron chi connectivity index (χ3n) is 3.40. The number of aliphatic carboxylic acids is 1. The van der Waals surface area contributed by atoms with Gasteiger partial charge in [0.25, 0.3) is 0 Å². The molecule has 1 atom stereocenters. The summed E-state index contributed by atoms with van der Waals surface area (Å²) in [4.78, 5) is 24.3. The molecule has 0 aliphatic heterocycles. The predicted octanol–water partition coefficient (Wildman–Crippen LogP) is 2.97. The van der Waals surface area contributed by atoms with Crippen molar-refractivity contribution in [1.82, 2.24) is 15.0 Å². The number of carboxylic acid groups (broad SMARTS) is 1. The number of nitrogens with zero attached hydrogens (tertiary/aromatic N) is 3. The molecule has 6 nitrogen and oxygen atoms in total. The molecule has 0 saturated heterocycles. The summed E-state index contributed by atoms with van der Waals surface area (Å²) in [5.41, 5.74) is 1.41. The number of pyridine rings is 1. The number of hydrogen-bond donors (Lipinski definition) is 2. The van der Waals surface area contributed by atoms with E-state index in [1.807, 2.05) is 24.3 Å². The van der Waals surface area contributed by atoms with Crippen LogP contribution in [0.4, 0.5) is 5.82 Å². The first kappa shape index (κ1) is 16.9. The number of hydrogen-bond acceptors (Lipinski definition) is 5. The summed E-state index contributed by atoms with van der Waals surface area (Å²) < 4.78 is 0. The lowest BCUT2D eigenvalue weighted by atomic mass is 9.92. The largest absolute Gasteiger partial charge is 0.481 e. The lowest BCUT2D eigenvalue weighted by Gasteiger charge is -2.20. The van der Waals surface area contributed by atoms with E-state index in [0.717, 1.165) is 5.69 Å². The van der Waals surface area contributed by atoms with Gasteiger partial charge >= 0.3 is 5.97 Å². The van der Waals surface area contributed by atoms with Crippen molar-refractivity contribution >= 4 is 11.8 Å². The van der Waals surface area contributed by atoms with E-state index < -0.39 is 11.9 Å². The lowest BCUT2D eigenvalue weighted by molar-refractivity contribution is -0.140. The Morgan fingerprint density at radius 3 is 2.61 bits per heavy atom. The van der Waals surface area contributed by atoms with E-state index in [4.69, 9.17) is 5.11 Å². The van der Waals surface area contributed by atoms with Crippen LogP contribution in [0.15, 0.2) is 30.5 Å². The van der Waals surface area contributed by atoms with Crippen LogP contribution in [0, 0.1) is 5.92 Å². The molecule has 0 radical (unpaired) electrons. The molecular weight excluding hydrogens is 292 g/mol. The molecule has 2 aromatic heterocycles. The van der Waals surface area contributed by atoms with Crippen molar-refractivity contribution in [3.05, 3.63) is 36.2 Å². The van der Waals surface area contributed by atoms with E-state index in [1.54, 1.807) is 13.1 Å². The molecule has 0 fully saturated rings. The Labute approximate surface area is 136 Å². The standard InChI is InChI=1S/C17H22N4O2/c1-11(16(22)23)10-19-14-9-13(17(2,3)4)20-15(21-14)12-7-5-6-8-18-12/h5-9,11H,10H2,1-4H3,(H,22,23)(H,19,20,21). The Bertz CT molecular complexity index is 681. The minimum atomic E-state index is -0.840. The van der Waals surface area contributed by atoms with Gasteiger partial charge in [0.05, 0.1) is 11.6 Å². The van der Waals surface area contributed by atoms with Crippen molar-refractivity contribution < 1.29 is 9.90 Å². The molecular formula is C17H22N4O2. The number of nitrogens with one attached hydrogen (secondary N) is 1. The van der Waals surface area contributed by atoms with E-state index in [-0.39, 0.29) is 5.41 Å². The van der Waals surface area contributed by atoms with Crippen LogP contribution in [0.3, 0.4) is 0 Å². The van der Waals surface area contributed by atoms with Gasteiger partial charge < -0.3 is 10.4 Å². The first-order valence-electron chi connectivity index (χ1n) is 7.55. The second-order valence-electron chi connectivity index (χ2n) is 6.55. The summed E-state index contributed by atoms with van der Waals surface area (Å²) in [6.45, 7) is 8.17. The highest BCUT2D eigenvalue weighted by Crippen LogP contribution is 2.25. The van der Waals surface area contributed by atoms with Crippen molar-refractivity contribution in [3.8, 4) is 11.5 Å². The van der Waals surface area contributed by atoms with Crippen molar-refractivity contribution in [3.63, 3.8) is 0 Å². The van der Waals surface area contributed by atoms with Crippen LogP contribution in [0.25, 0.3) is 11.5 Å². The monoisotopic (exact) mass is 314 g/mol. The second kappa shape index (κ2) is 6.73. The zero-order valence-corrected chi connectivity index (χ0v) is 13.9. The molecule has 0 aromatic carbocycles. The molecule has 0 aliphatic carbocycles. The maximum Gasteiger partial charge on any atom is 0.308 e. The second-order valence-corrected chi connectivity index (χ2v) is 6.55. The number of carbonyl (C=O) groups is 1. The molecule has 1 unspecified atom stereocenters. The van der Waals surface area contributed by atoms with E-state index >= 15 is 0 Å². The molecule has 2 heterocycles. The van der Waals surface area contributed by atoms with Crippen LogP contribution >= 0.6 is 0 Å². The van der Waals surface area contributed by atoms with E-state index in [9.17, 15) is 4.79 Å². The van der Waals surface area contributed by atoms with Gasteiger partial charge in [-0.25, -0.2) is 9.97 Å². The molecule has 2 N–H and O–H groups in total. The number of carboxylic acids is 1. The zero-order chi connectivity index (χ0) is 17.0. The van der Waals surface area contributed by atoms with E-state index in [1.165, 1.54) is 0 Å². The molecule has 6 heteroatoms. The minimum Gasteiger partial charge on any atom is -0.481 e. The molecule has 2 rings (SSSR count). The van der Waals surface area contributed by atoms with E-state index in [0.29, 0.717) is 23.9 Å². The summed E-state index contributed by atoms with van der Waals surface area (Å²) in [6, 6.07) is 7.44. The van der Waals surface area contributed by atoms with Crippen LogP contribution in [-0.2, 0) is 10.2 Å². The average molecular weight is 314 g/mol. The highest BCUT2D eigenvalue weighted by atomic mass is 16.4. The first-order valence-corrected chi connectivity index (χ1v) is 7.55. The average Bonchev–Trinajstić information content (AvgIpc) is 2.52. The predicted molar refractivity (Wildman–Crippen MR) is 89.3 cm³/mol. The molecule has 0 amide bonds. The zero-order valence-electron chi connectivity index (χ0n) is 13.9. The quantitative estimate of drug-likeness (QED) is 0.882. The Morgan fingerprint density at radius 2 is 2.04 bits per heavy atom. The van der Waals surface area contributed by atoms with Crippen LogP contribution in [0.1, 0.15) is 33.4 Å². The minimum absolute atomic E-state index is 0.151. The Hall–Kier alpha value is -2.50. The summed E-state index contributed by atoms with van der Waals surface area (Å²) >= 11 is 0. The van der Waals surface area contributed by atoms with Crippen LogP contribution in [-0.4, -0.2) is 32.6 Å². The van der Waals surface area contributed by atoms with Gasteiger partial charge in [0, 0.05) is 24.2 Å². The Morgan fingerprint density at radius 1 is 1.30 bits per heavy atom. The third-order valence-corrected chi connectivity index (χ3v) is 3.40. The van der Waals surface area contributed by atoms with Gasteiger partial charge in [0.15, 0.2) is 5.82 Å². The summed E-state index contributed by atoms with van der Waals surface area (Å²) in [5, 5.41) is 12.1.